The van der Waals surface area contributed by atoms with E-state index in [0.717, 1.165) is 34.9 Å². The van der Waals surface area contributed by atoms with Gasteiger partial charge in [0.2, 0.25) is 12.2 Å². The van der Waals surface area contributed by atoms with Crippen LogP contribution in [-0.4, -0.2) is 39.2 Å². The second-order valence-electron chi connectivity index (χ2n) is 6.22. The molecule has 1 fully saturated rings. The molecule has 8 heteroatoms. The highest BCUT2D eigenvalue weighted by atomic mass is 35.5. The average molecular weight is 342 g/mol. The fourth-order valence-corrected chi connectivity index (χ4v) is 3.61. The van der Waals surface area contributed by atoms with Crippen LogP contribution in [0.1, 0.15) is 34.8 Å². The molecule has 3 heterocycles. The fraction of sp³-hybridized carbons (Fsp3) is 0.250. The lowest BCUT2D eigenvalue weighted by molar-refractivity contribution is -0.685. The van der Waals surface area contributed by atoms with Crippen molar-refractivity contribution in [2.24, 2.45) is 4.99 Å². The monoisotopic (exact) mass is 341 g/mol. The molecule has 3 aliphatic rings. The summed E-state index contributed by atoms with van der Waals surface area (Å²) in [4.78, 5) is 19.9. The number of quaternary nitrogens is 1. The number of benzene rings is 1. The van der Waals surface area contributed by atoms with Crippen LogP contribution in [0.3, 0.4) is 0 Å². The molecule has 1 saturated carbocycles. The summed E-state index contributed by atoms with van der Waals surface area (Å²) in [5.41, 5.74) is 2.38. The molecule has 1 unspecified atom stereocenters. The molecule has 1 amide bonds. The van der Waals surface area contributed by atoms with E-state index < -0.39 is 0 Å². The molecule has 1 aromatic heterocycles. The Morgan fingerprint density at radius 2 is 2.17 bits per heavy atom. The maximum atomic E-state index is 12.8. The number of aromatic nitrogens is 3. The van der Waals surface area contributed by atoms with E-state index in [4.69, 9.17) is 11.6 Å². The summed E-state index contributed by atoms with van der Waals surface area (Å²) in [6.07, 6.45) is 5.85. The number of carbonyl (C=O) groups is 1. The third kappa shape index (κ3) is 1.76. The first kappa shape index (κ1) is 13.9. The summed E-state index contributed by atoms with van der Waals surface area (Å²) in [5, 5.41) is 8.70. The topological polar surface area (TPSA) is 67.8 Å². The molecule has 0 bridgehead atoms. The van der Waals surface area contributed by atoms with E-state index in [9.17, 15) is 4.79 Å². The van der Waals surface area contributed by atoms with Crippen LogP contribution < -0.4 is 4.90 Å². The third-order valence-electron chi connectivity index (χ3n) is 4.71. The number of hydrogen-bond acceptors (Lipinski definition) is 4. The lowest BCUT2D eigenvalue weighted by atomic mass is 10.1. The van der Waals surface area contributed by atoms with Gasteiger partial charge in [-0.25, -0.2) is 4.90 Å². The van der Waals surface area contributed by atoms with Crippen LogP contribution in [0, 0.1) is 0 Å². The quantitative estimate of drug-likeness (QED) is 0.893. The van der Waals surface area contributed by atoms with Gasteiger partial charge in [0.05, 0.1) is 16.9 Å². The van der Waals surface area contributed by atoms with E-state index in [1.165, 1.54) is 0 Å². The van der Waals surface area contributed by atoms with Crippen molar-refractivity contribution in [3.63, 3.8) is 0 Å². The summed E-state index contributed by atoms with van der Waals surface area (Å²) in [5.74, 6) is 1.75. The van der Waals surface area contributed by atoms with Gasteiger partial charge in [0.1, 0.15) is 5.56 Å². The molecule has 24 heavy (non-hydrogen) atoms. The van der Waals surface area contributed by atoms with E-state index in [-0.39, 0.29) is 5.91 Å². The molecule has 1 aromatic carbocycles. The fourth-order valence-electron chi connectivity index (χ4n) is 3.35. The Labute approximate surface area is 142 Å². The van der Waals surface area contributed by atoms with E-state index in [0.29, 0.717) is 22.3 Å². The lowest BCUT2D eigenvalue weighted by Crippen LogP contribution is -3.06. The Morgan fingerprint density at radius 3 is 2.96 bits per heavy atom. The molecule has 1 N–H and O–H groups in total. The first-order chi connectivity index (χ1) is 11.7. The van der Waals surface area contributed by atoms with Gasteiger partial charge < -0.3 is 0 Å². The van der Waals surface area contributed by atoms with Crippen molar-refractivity contribution in [1.29, 1.82) is 0 Å². The largest absolute Gasteiger partial charge is 0.269 e. The highest BCUT2D eigenvalue weighted by Gasteiger charge is 2.44. The summed E-state index contributed by atoms with van der Waals surface area (Å²) >= 11 is 6.25. The minimum atomic E-state index is -0.134. The number of nitrogens with one attached hydrogen (secondary N) is 1. The van der Waals surface area contributed by atoms with Gasteiger partial charge in [-0.2, -0.15) is 9.67 Å². The lowest BCUT2D eigenvalue weighted by Gasteiger charge is -2.28. The van der Waals surface area contributed by atoms with E-state index in [1.807, 2.05) is 12.1 Å². The number of amides is 1. The molecule has 2 aliphatic heterocycles. The van der Waals surface area contributed by atoms with Crippen molar-refractivity contribution in [2.75, 3.05) is 7.05 Å². The Bertz CT molecular complexity index is 942. The van der Waals surface area contributed by atoms with Crippen LogP contribution >= 0.6 is 11.6 Å². The summed E-state index contributed by atoms with van der Waals surface area (Å²) in [6.45, 7) is 0. The molecule has 120 valence electrons. The Hall–Kier alpha value is -2.51. The van der Waals surface area contributed by atoms with Gasteiger partial charge in [-0.3, -0.25) is 9.69 Å². The van der Waals surface area contributed by atoms with Crippen LogP contribution in [0.5, 0.6) is 0 Å². The molecule has 5 rings (SSSR count). The van der Waals surface area contributed by atoms with Crippen molar-refractivity contribution >= 4 is 35.4 Å². The second-order valence-corrected chi connectivity index (χ2v) is 6.62. The van der Waals surface area contributed by atoms with Crippen molar-refractivity contribution in [3.8, 4) is 0 Å². The molecule has 0 spiro atoms. The van der Waals surface area contributed by atoms with Crippen LogP contribution in [-0.2, 0) is 0 Å². The number of halogens is 1. The second kappa shape index (κ2) is 4.75. The minimum Gasteiger partial charge on any atom is -0.268 e. The molecule has 0 radical (unpaired) electrons. The van der Waals surface area contributed by atoms with E-state index in [2.05, 4.69) is 15.3 Å². The molecule has 7 nitrogen and oxygen atoms in total. The Morgan fingerprint density at radius 1 is 1.33 bits per heavy atom. The van der Waals surface area contributed by atoms with Gasteiger partial charge in [-0.15, -0.1) is 5.10 Å². The van der Waals surface area contributed by atoms with Crippen molar-refractivity contribution < 1.29 is 9.69 Å². The van der Waals surface area contributed by atoms with Crippen LogP contribution in [0.25, 0.3) is 5.82 Å². The van der Waals surface area contributed by atoms with Gasteiger partial charge in [-0.05, 0) is 18.9 Å². The first-order valence-corrected chi connectivity index (χ1v) is 8.18. The maximum Gasteiger partial charge on any atom is 0.269 e. The maximum absolute atomic E-state index is 12.8. The SMILES string of the molecule is CN1C(=O)c2c(Cl)cccc2[NH+]2C=NC(n3nncc3C3CC3)=C12. The third-order valence-corrected chi connectivity index (χ3v) is 5.03. The van der Waals surface area contributed by atoms with Crippen LogP contribution in [0.4, 0.5) is 5.69 Å². The summed E-state index contributed by atoms with van der Waals surface area (Å²) in [6, 6.07) is 5.48. The smallest absolute Gasteiger partial charge is 0.268 e. The number of aliphatic imine (C=N–C) groups is 1. The van der Waals surface area contributed by atoms with Gasteiger partial charge in [0.15, 0.2) is 5.69 Å². The number of fused-ring (bicyclic) bond motifs is 3. The molecule has 0 saturated heterocycles. The van der Waals surface area contributed by atoms with Crippen molar-refractivity contribution in [2.45, 2.75) is 18.8 Å². The molecule has 1 aliphatic carbocycles. The normalized spacial score (nSPS) is 22.2. The van der Waals surface area contributed by atoms with Crippen LogP contribution in [0.2, 0.25) is 5.02 Å². The van der Waals surface area contributed by atoms with Crippen molar-refractivity contribution in [3.05, 3.63) is 46.5 Å². The summed E-state index contributed by atoms with van der Waals surface area (Å²) in [7, 11) is 1.74. The zero-order valence-corrected chi connectivity index (χ0v) is 13.7. The first-order valence-electron chi connectivity index (χ1n) is 7.80. The predicted octanol–water partition coefficient (Wildman–Crippen LogP) is 1.24. The zero-order chi connectivity index (χ0) is 16.4. The van der Waals surface area contributed by atoms with Crippen molar-refractivity contribution in [1.82, 2.24) is 19.9 Å². The number of nitrogens with zero attached hydrogens (tertiary/aromatic N) is 5. The molecule has 1 atom stereocenters. The molecule has 2 aromatic rings. The van der Waals surface area contributed by atoms with Gasteiger partial charge >= 0.3 is 0 Å². The predicted molar refractivity (Wildman–Crippen MR) is 87.9 cm³/mol. The number of hydrogen-bond donors (Lipinski definition) is 1. The average Bonchev–Trinajstić information content (AvgIpc) is 3.14. The highest BCUT2D eigenvalue weighted by molar-refractivity contribution is 6.34. The van der Waals surface area contributed by atoms with E-state index >= 15 is 0 Å². The molecular weight excluding hydrogens is 328 g/mol. The van der Waals surface area contributed by atoms with Crippen LogP contribution in [0.15, 0.2) is 35.2 Å². The minimum absolute atomic E-state index is 0.134. The van der Waals surface area contributed by atoms with Gasteiger partial charge in [0.25, 0.3) is 11.7 Å². The summed E-state index contributed by atoms with van der Waals surface area (Å²) < 4.78 is 1.76. The standard InChI is InChI=1S/C16H13ClN6O/c1-21-15-14(23-12(7-19-20-23)9-5-6-9)18-8-22(15)11-4-2-3-10(17)13(11)16(21)24/h2-4,7-9H,5-6H2,1H3/p+1. The number of carbonyl (C=O) groups excluding carboxylic acids is 1. The Balaban J connectivity index is 1.72. The van der Waals surface area contributed by atoms with Gasteiger partial charge in [0, 0.05) is 19.0 Å². The Kier molecular flexibility index (Phi) is 2.75. The highest BCUT2D eigenvalue weighted by Crippen LogP contribution is 2.41. The zero-order valence-electron chi connectivity index (χ0n) is 12.9. The number of rotatable bonds is 2. The van der Waals surface area contributed by atoms with E-state index in [1.54, 1.807) is 35.2 Å². The molecular formula is C16H14ClN6O+. The van der Waals surface area contributed by atoms with Gasteiger partial charge in [-0.1, -0.05) is 22.9 Å².